The number of ether oxygens (including phenoxy) is 2. The summed E-state index contributed by atoms with van der Waals surface area (Å²) in [4.78, 5) is 2.48. The average molecular weight is 265 g/mol. The van der Waals surface area contributed by atoms with Crippen molar-refractivity contribution in [1.82, 2.24) is 15.1 Å². The van der Waals surface area contributed by atoms with E-state index in [4.69, 9.17) is 9.47 Å². The van der Waals surface area contributed by atoms with Crippen molar-refractivity contribution in [2.24, 2.45) is 0 Å². The molecule has 0 bridgehead atoms. The smallest absolute Gasteiger partial charge is 0.157 e. The van der Waals surface area contributed by atoms with Crippen molar-refractivity contribution in [2.45, 2.75) is 44.4 Å². The van der Waals surface area contributed by atoms with E-state index in [1.54, 1.807) is 0 Å². The van der Waals surface area contributed by atoms with Gasteiger partial charge in [0.15, 0.2) is 6.29 Å². The summed E-state index contributed by atoms with van der Waals surface area (Å²) in [7, 11) is 0. The van der Waals surface area contributed by atoms with Crippen LogP contribution in [0.3, 0.4) is 0 Å². The van der Waals surface area contributed by atoms with Gasteiger partial charge in [0.25, 0.3) is 0 Å². The number of hydrogen-bond donors (Lipinski definition) is 1. The summed E-state index contributed by atoms with van der Waals surface area (Å²) in [5.41, 5.74) is 1.23. The van der Waals surface area contributed by atoms with Gasteiger partial charge >= 0.3 is 0 Å². The first kappa shape index (κ1) is 13.1. The summed E-state index contributed by atoms with van der Waals surface area (Å²) in [5.74, 6) is 0. The second-order valence-corrected chi connectivity index (χ2v) is 5.37. The van der Waals surface area contributed by atoms with Crippen LogP contribution in [-0.2, 0) is 9.47 Å². The molecule has 0 aromatic carbocycles. The standard InChI is InChI=1S/C14H23N3O2/c1-2-10-18-14(5-1)19-11-9-17-8-3-4-13(17)12-6-7-15-16-12/h6-7,13-14H,1-5,8-11H2,(H,15,16)/t13-,14+/m0/s1. The normalized spacial score (nSPS) is 28.8. The molecule has 5 nitrogen and oxygen atoms in total. The van der Waals surface area contributed by atoms with Crippen LogP contribution in [0.5, 0.6) is 0 Å². The van der Waals surface area contributed by atoms with Crippen molar-refractivity contribution >= 4 is 0 Å². The van der Waals surface area contributed by atoms with Gasteiger partial charge in [-0.2, -0.15) is 5.10 Å². The van der Waals surface area contributed by atoms with Crippen molar-refractivity contribution in [2.75, 3.05) is 26.3 Å². The van der Waals surface area contributed by atoms with Gasteiger partial charge in [-0.25, -0.2) is 0 Å². The third kappa shape index (κ3) is 3.35. The predicted molar refractivity (Wildman–Crippen MR) is 71.7 cm³/mol. The maximum Gasteiger partial charge on any atom is 0.157 e. The van der Waals surface area contributed by atoms with Gasteiger partial charge in [0.05, 0.1) is 18.3 Å². The highest BCUT2D eigenvalue weighted by Gasteiger charge is 2.26. The van der Waals surface area contributed by atoms with Crippen LogP contribution in [0.15, 0.2) is 12.3 Å². The Balaban J connectivity index is 1.44. The summed E-state index contributed by atoms with van der Waals surface area (Å²) in [6.45, 7) is 3.74. The number of likely N-dealkylation sites (tertiary alicyclic amines) is 1. The molecule has 106 valence electrons. The molecule has 5 heteroatoms. The van der Waals surface area contributed by atoms with Gasteiger partial charge < -0.3 is 9.47 Å². The van der Waals surface area contributed by atoms with Gasteiger partial charge in [0.2, 0.25) is 0 Å². The van der Waals surface area contributed by atoms with E-state index < -0.39 is 0 Å². The van der Waals surface area contributed by atoms with E-state index in [0.29, 0.717) is 6.04 Å². The maximum absolute atomic E-state index is 5.82. The molecule has 3 heterocycles. The molecule has 2 aliphatic heterocycles. The molecule has 0 saturated carbocycles. The zero-order chi connectivity index (χ0) is 12.9. The number of aromatic amines is 1. The fraction of sp³-hybridized carbons (Fsp3) is 0.786. The second-order valence-electron chi connectivity index (χ2n) is 5.37. The fourth-order valence-electron chi connectivity index (χ4n) is 3.04. The molecule has 2 atom stereocenters. The number of nitrogens with one attached hydrogen (secondary N) is 1. The SMILES string of the molecule is c1cc([C@@H]2CCCN2CCO[C@@H]2CCCCO2)[nH]n1. The largest absolute Gasteiger partial charge is 0.353 e. The highest BCUT2D eigenvalue weighted by molar-refractivity contribution is 5.06. The van der Waals surface area contributed by atoms with Crippen LogP contribution in [0.25, 0.3) is 0 Å². The van der Waals surface area contributed by atoms with Crippen LogP contribution in [0.2, 0.25) is 0 Å². The van der Waals surface area contributed by atoms with E-state index in [-0.39, 0.29) is 6.29 Å². The van der Waals surface area contributed by atoms with Gasteiger partial charge in [-0.15, -0.1) is 0 Å². The molecular weight excluding hydrogens is 242 g/mol. The van der Waals surface area contributed by atoms with Crippen LogP contribution in [0.4, 0.5) is 0 Å². The minimum absolute atomic E-state index is 0.0296. The van der Waals surface area contributed by atoms with Crippen LogP contribution in [0, 0.1) is 0 Å². The van der Waals surface area contributed by atoms with Crippen molar-refractivity contribution < 1.29 is 9.47 Å². The number of H-pyrrole nitrogens is 1. The van der Waals surface area contributed by atoms with Gasteiger partial charge in [-0.05, 0) is 44.7 Å². The highest BCUT2D eigenvalue weighted by Crippen LogP contribution is 2.30. The molecule has 19 heavy (non-hydrogen) atoms. The molecule has 2 saturated heterocycles. The zero-order valence-corrected chi connectivity index (χ0v) is 11.4. The van der Waals surface area contributed by atoms with Crippen molar-refractivity contribution in [3.8, 4) is 0 Å². The quantitative estimate of drug-likeness (QED) is 0.885. The first-order chi connectivity index (χ1) is 9.43. The molecule has 1 N–H and O–H groups in total. The first-order valence-electron chi connectivity index (χ1n) is 7.40. The Kier molecular flexibility index (Phi) is 4.48. The minimum Gasteiger partial charge on any atom is -0.353 e. The van der Waals surface area contributed by atoms with Gasteiger partial charge in [-0.3, -0.25) is 10.00 Å². The summed E-state index contributed by atoms with van der Waals surface area (Å²) in [6.07, 6.45) is 7.77. The van der Waals surface area contributed by atoms with E-state index in [0.717, 1.165) is 32.7 Å². The Morgan fingerprint density at radius 3 is 3.16 bits per heavy atom. The monoisotopic (exact) mass is 265 g/mol. The first-order valence-corrected chi connectivity index (χ1v) is 7.40. The molecule has 0 amide bonds. The fourth-order valence-corrected chi connectivity index (χ4v) is 3.04. The van der Waals surface area contributed by atoms with E-state index in [1.807, 2.05) is 6.20 Å². The zero-order valence-electron chi connectivity index (χ0n) is 11.4. The molecule has 1 aromatic rings. The Labute approximate surface area is 114 Å². The molecule has 0 spiro atoms. The van der Waals surface area contributed by atoms with Crippen LogP contribution in [-0.4, -0.2) is 47.7 Å². The minimum atomic E-state index is 0.0296. The highest BCUT2D eigenvalue weighted by atomic mass is 16.7. The second kappa shape index (κ2) is 6.50. The van der Waals surface area contributed by atoms with Crippen LogP contribution in [0.1, 0.15) is 43.8 Å². The molecule has 0 unspecified atom stereocenters. The van der Waals surface area contributed by atoms with Gasteiger partial charge in [-0.1, -0.05) is 0 Å². The summed E-state index contributed by atoms with van der Waals surface area (Å²) in [6, 6.07) is 2.56. The average Bonchev–Trinajstić information content (AvgIpc) is 3.10. The lowest BCUT2D eigenvalue weighted by atomic mass is 10.1. The van der Waals surface area contributed by atoms with E-state index in [2.05, 4.69) is 21.2 Å². The predicted octanol–water partition coefficient (Wildman–Crippen LogP) is 2.09. The lowest BCUT2D eigenvalue weighted by Crippen LogP contribution is -2.30. The van der Waals surface area contributed by atoms with Gasteiger partial charge in [0.1, 0.15) is 0 Å². The molecule has 1 aromatic heterocycles. The Morgan fingerprint density at radius 1 is 1.37 bits per heavy atom. The van der Waals surface area contributed by atoms with Gasteiger partial charge in [0, 0.05) is 19.3 Å². The molecule has 2 fully saturated rings. The summed E-state index contributed by atoms with van der Waals surface area (Å²) >= 11 is 0. The van der Waals surface area contributed by atoms with Crippen molar-refractivity contribution in [3.05, 3.63) is 18.0 Å². The number of nitrogens with zero attached hydrogens (tertiary/aromatic N) is 2. The lowest BCUT2D eigenvalue weighted by Gasteiger charge is -2.26. The third-order valence-electron chi connectivity index (χ3n) is 4.07. The number of rotatable bonds is 5. The molecular formula is C14H23N3O2. The molecule has 2 aliphatic rings. The van der Waals surface area contributed by atoms with Crippen molar-refractivity contribution in [3.63, 3.8) is 0 Å². The van der Waals surface area contributed by atoms with Crippen LogP contribution >= 0.6 is 0 Å². The Bertz CT molecular complexity index is 363. The number of hydrogen-bond acceptors (Lipinski definition) is 4. The van der Waals surface area contributed by atoms with Crippen molar-refractivity contribution in [1.29, 1.82) is 0 Å². The summed E-state index contributed by atoms with van der Waals surface area (Å²) in [5, 5.41) is 7.14. The summed E-state index contributed by atoms with van der Waals surface area (Å²) < 4.78 is 11.4. The van der Waals surface area contributed by atoms with E-state index in [9.17, 15) is 0 Å². The molecule has 0 aliphatic carbocycles. The third-order valence-corrected chi connectivity index (χ3v) is 4.07. The lowest BCUT2D eigenvalue weighted by molar-refractivity contribution is -0.164. The Morgan fingerprint density at radius 2 is 2.37 bits per heavy atom. The Hall–Kier alpha value is -0.910. The van der Waals surface area contributed by atoms with E-state index >= 15 is 0 Å². The van der Waals surface area contributed by atoms with E-state index in [1.165, 1.54) is 31.4 Å². The molecule has 0 radical (unpaired) electrons. The number of aromatic nitrogens is 2. The molecule has 3 rings (SSSR count). The van der Waals surface area contributed by atoms with Crippen LogP contribution < -0.4 is 0 Å². The maximum atomic E-state index is 5.82. The topological polar surface area (TPSA) is 50.4 Å².